The van der Waals surface area contributed by atoms with Crippen LogP contribution in [-0.4, -0.2) is 87.4 Å². The van der Waals surface area contributed by atoms with Gasteiger partial charge < -0.3 is 36.4 Å². The van der Waals surface area contributed by atoms with Gasteiger partial charge in [-0.25, -0.2) is 0 Å². The normalized spacial score (nSPS) is 11.9. The monoisotopic (exact) mass is 838 g/mol. The minimum absolute atomic E-state index is 0.0498. The number of benzene rings is 4. The topological polar surface area (TPSA) is 174 Å². The van der Waals surface area contributed by atoms with E-state index in [-0.39, 0.29) is 35.3 Å². The number of fused-ring (bicyclic) bond motifs is 1. The molecule has 1 aliphatic heterocycles. The van der Waals surface area contributed by atoms with Gasteiger partial charge in [-0.1, -0.05) is 52.0 Å². The summed E-state index contributed by atoms with van der Waals surface area (Å²) in [6.07, 6.45) is 4.35. The molecule has 0 radical (unpaired) electrons. The summed E-state index contributed by atoms with van der Waals surface area (Å²) in [5.74, 6) is 0.260. The summed E-state index contributed by atoms with van der Waals surface area (Å²) in [7, 11) is 0. The summed E-state index contributed by atoms with van der Waals surface area (Å²) in [5, 5.41) is 15.5. The minimum Gasteiger partial charge on any atom is -0.325 e. The van der Waals surface area contributed by atoms with Crippen LogP contribution >= 0.6 is 0 Å². The Labute approximate surface area is 364 Å². The summed E-state index contributed by atoms with van der Waals surface area (Å²) in [5.41, 5.74) is 5.37. The summed E-state index contributed by atoms with van der Waals surface area (Å²) in [4.78, 5) is 71.0. The van der Waals surface area contributed by atoms with Crippen LogP contribution in [0, 0.1) is 0 Å². The van der Waals surface area contributed by atoms with Gasteiger partial charge in [-0.2, -0.15) is 15.0 Å². The molecule has 14 heteroatoms. The van der Waals surface area contributed by atoms with Crippen molar-refractivity contribution in [3.05, 3.63) is 113 Å². The van der Waals surface area contributed by atoms with Gasteiger partial charge in [0.15, 0.2) is 11.6 Å². The third kappa shape index (κ3) is 13.0. The molecule has 14 nitrogen and oxygen atoms in total. The van der Waals surface area contributed by atoms with Gasteiger partial charge in [0.25, 0.3) is 5.91 Å². The lowest BCUT2D eigenvalue weighted by atomic mass is 9.98. The number of nitrogens with one attached hydrogen (secondary N) is 5. The first-order valence-corrected chi connectivity index (χ1v) is 21.8. The Bertz CT molecular complexity index is 2260. The zero-order valence-electron chi connectivity index (χ0n) is 36.2. The van der Waals surface area contributed by atoms with Crippen molar-refractivity contribution in [1.82, 2.24) is 24.8 Å². The highest BCUT2D eigenvalue weighted by Gasteiger charge is 2.19. The number of rotatable bonds is 24. The number of hydrogen-bond acceptors (Lipinski definition) is 12. The van der Waals surface area contributed by atoms with Gasteiger partial charge in [-0.15, -0.1) is 0 Å². The first-order valence-electron chi connectivity index (χ1n) is 21.8. The lowest BCUT2D eigenvalue weighted by Crippen LogP contribution is -2.24. The van der Waals surface area contributed by atoms with Crippen molar-refractivity contribution in [3.63, 3.8) is 0 Å². The number of para-hydroxylation sites is 1. The fourth-order valence-corrected chi connectivity index (χ4v) is 7.28. The van der Waals surface area contributed by atoms with Crippen molar-refractivity contribution in [2.45, 2.75) is 72.6 Å². The van der Waals surface area contributed by atoms with Gasteiger partial charge in [0, 0.05) is 58.0 Å². The highest BCUT2D eigenvalue weighted by molar-refractivity contribution is 6.07. The van der Waals surface area contributed by atoms with Crippen LogP contribution in [0.2, 0.25) is 0 Å². The summed E-state index contributed by atoms with van der Waals surface area (Å²) in [6, 6.07) is 27.0. The quantitative estimate of drug-likeness (QED) is 0.0295. The molecule has 1 aromatic heterocycles. The maximum Gasteiger partial charge on any atom is 0.255 e. The highest BCUT2D eigenvalue weighted by Crippen LogP contribution is 2.29. The minimum atomic E-state index is -0.385. The van der Waals surface area contributed by atoms with Crippen LogP contribution in [0.15, 0.2) is 91.0 Å². The van der Waals surface area contributed by atoms with E-state index in [0.29, 0.717) is 59.0 Å². The maximum atomic E-state index is 13.7. The highest BCUT2D eigenvalue weighted by atomic mass is 16.2. The van der Waals surface area contributed by atoms with Crippen LogP contribution in [0.1, 0.15) is 103 Å². The van der Waals surface area contributed by atoms with E-state index < -0.39 is 0 Å². The van der Waals surface area contributed by atoms with Gasteiger partial charge >= 0.3 is 0 Å². The molecule has 0 fully saturated rings. The third-order valence-corrected chi connectivity index (χ3v) is 10.9. The Hall–Kier alpha value is -6.51. The molecule has 2 heterocycles. The molecule has 2 amide bonds. The summed E-state index contributed by atoms with van der Waals surface area (Å²) in [6.45, 7) is 14.3. The van der Waals surface area contributed by atoms with E-state index in [1.807, 2.05) is 48.5 Å². The molecular weight excluding hydrogens is 781 g/mol. The largest absolute Gasteiger partial charge is 0.325 e. The number of hydrogen-bond donors (Lipinski definition) is 5. The van der Waals surface area contributed by atoms with Gasteiger partial charge in [0.2, 0.25) is 23.8 Å². The van der Waals surface area contributed by atoms with Crippen molar-refractivity contribution in [1.29, 1.82) is 0 Å². The van der Waals surface area contributed by atoms with Crippen molar-refractivity contribution >= 4 is 69.7 Å². The smallest absolute Gasteiger partial charge is 0.255 e. The zero-order chi connectivity index (χ0) is 43.8. The van der Waals surface area contributed by atoms with Crippen LogP contribution in [0.3, 0.4) is 0 Å². The van der Waals surface area contributed by atoms with E-state index >= 15 is 0 Å². The van der Waals surface area contributed by atoms with Crippen molar-refractivity contribution in [2.24, 2.45) is 0 Å². The molecule has 0 saturated carbocycles. The number of carbonyl (C=O) groups is 4. The van der Waals surface area contributed by atoms with E-state index in [9.17, 15) is 19.2 Å². The van der Waals surface area contributed by atoms with E-state index in [2.05, 4.69) is 79.0 Å². The molecule has 4 aromatic carbocycles. The predicted octanol–water partition coefficient (Wildman–Crippen LogP) is 9.24. The van der Waals surface area contributed by atoms with Gasteiger partial charge in [0.05, 0.1) is 6.42 Å². The Morgan fingerprint density at radius 1 is 0.565 bits per heavy atom. The second-order valence-electron chi connectivity index (χ2n) is 15.3. The van der Waals surface area contributed by atoms with Gasteiger partial charge in [-0.3, -0.25) is 19.2 Å². The lowest BCUT2D eigenvalue weighted by Gasteiger charge is -2.17. The van der Waals surface area contributed by atoms with Crippen LogP contribution in [0.4, 0.5) is 46.3 Å². The van der Waals surface area contributed by atoms with Crippen LogP contribution in [0.25, 0.3) is 0 Å². The number of nitrogens with zero attached hydrogens (tertiary/aromatic N) is 5. The van der Waals surface area contributed by atoms with Crippen LogP contribution in [-0.2, 0) is 11.2 Å². The summed E-state index contributed by atoms with van der Waals surface area (Å²) >= 11 is 0. The number of aromatic nitrogens is 3. The van der Waals surface area contributed by atoms with E-state index in [1.54, 1.807) is 42.5 Å². The van der Waals surface area contributed by atoms with E-state index in [1.165, 1.54) is 0 Å². The number of ketones is 2. The summed E-state index contributed by atoms with van der Waals surface area (Å²) < 4.78 is 0. The SMILES string of the molecule is CCN(CC)CCCCC(=O)c1cc(NC(=O)c2ccc(Nc3nc(Nc4ccccc4)nc(Nc4ccc5c(c4)NC(=O)C5)n3)cc2)cc(C(=O)CCCCN(CC)CC)c1. The third-order valence-electron chi connectivity index (χ3n) is 10.9. The van der Waals surface area contributed by atoms with Crippen LogP contribution < -0.4 is 26.6 Å². The maximum absolute atomic E-state index is 13.7. The number of unbranched alkanes of at least 4 members (excludes halogenated alkanes) is 2. The molecule has 0 spiro atoms. The van der Waals surface area contributed by atoms with Crippen molar-refractivity contribution in [2.75, 3.05) is 65.9 Å². The number of Topliss-reactive ketones (excluding diaryl/α,β-unsaturated/α-hetero) is 2. The number of amides is 2. The molecule has 6 rings (SSSR count). The standard InChI is InChI=1S/C48H58N10O4/c1-5-57(6-2)26-14-12-18-42(59)35-28-36(43(60)19-13-15-27-58(7-3)8-4)30-40(29-35)49-45(62)33-20-23-38(24-21-33)51-47-54-46(50-37-16-10-9-11-17-37)55-48(56-47)52-39-25-22-34-31-44(61)53-41(34)32-39/h9-11,16-17,20-25,28-30,32H,5-8,12-15,18-19,26-27,31H2,1-4H3,(H,49,62)(H,53,61)(H3,50,51,52,54,55,56). The number of carbonyl (C=O) groups excluding carboxylic acids is 4. The van der Waals surface area contributed by atoms with E-state index in [0.717, 1.165) is 81.9 Å². The molecule has 0 saturated heterocycles. The molecule has 1 aliphatic rings. The second-order valence-corrected chi connectivity index (χ2v) is 15.3. The Balaban J connectivity index is 1.15. The molecular formula is C48H58N10O4. The molecule has 324 valence electrons. The molecule has 0 unspecified atom stereocenters. The van der Waals surface area contributed by atoms with Crippen LogP contribution in [0.5, 0.6) is 0 Å². The zero-order valence-corrected chi connectivity index (χ0v) is 36.2. The van der Waals surface area contributed by atoms with Gasteiger partial charge in [0.1, 0.15) is 0 Å². The molecule has 62 heavy (non-hydrogen) atoms. The van der Waals surface area contributed by atoms with E-state index in [4.69, 9.17) is 0 Å². The fraction of sp³-hybridized carbons (Fsp3) is 0.354. The second kappa shape index (κ2) is 22.4. The molecule has 0 aliphatic carbocycles. The van der Waals surface area contributed by atoms with Crippen molar-refractivity contribution < 1.29 is 19.2 Å². The Kier molecular flexibility index (Phi) is 16.2. The Morgan fingerprint density at radius 2 is 1.06 bits per heavy atom. The first kappa shape index (κ1) is 45.0. The lowest BCUT2D eigenvalue weighted by molar-refractivity contribution is -0.115. The average Bonchev–Trinajstić information content (AvgIpc) is 3.66. The average molecular weight is 839 g/mol. The Morgan fingerprint density at radius 3 is 1.60 bits per heavy atom. The first-order chi connectivity index (χ1) is 30.1. The fourth-order valence-electron chi connectivity index (χ4n) is 7.28. The van der Waals surface area contributed by atoms with Gasteiger partial charge in [-0.05, 0) is 137 Å². The molecule has 0 atom stereocenters. The molecule has 5 N–H and O–H groups in total. The molecule has 5 aromatic rings. The number of anilines is 8. The van der Waals surface area contributed by atoms with Crippen molar-refractivity contribution in [3.8, 4) is 0 Å². The predicted molar refractivity (Wildman–Crippen MR) is 248 cm³/mol. The molecule has 0 bridgehead atoms.